The molecule has 2 amide bonds. The number of amides is 2. The van der Waals surface area contributed by atoms with E-state index in [1.807, 2.05) is 18.2 Å². The molecule has 1 N–H and O–H groups in total. The predicted octanol–water partition coefficient (Wildman–Crippen LogP) is 2.44. The Morgan fingerprint density at radius 3 is 2.70 bits per heavy atom. The molecule has 0 unspecified atom stereocenters. The molecule has 0 bridgehead atoms. The molecule has 1 aliphatic rings. The molecular formula is C20H25FN4O2. The van der Waals surface area contributed by atoms with Gasteiger partial charge in [-0.25, -0.2) is 9.18 Å². The molecule has 1 saturated heterocycles. The molecule has 144 valence electrons. The zero-order valence-electron chi connectivity index (χ0n) is 15.5. The second kappa shape index (κ2) is 9.43. The van der Waals surface area contributed by atoms with Crippen LogP contribution >= 0.6 is 0 Å². The first-order valence-corrected chi connectivity index (χ1v) is 9.10. The second-order valence-electron chi connectivity index (χ2n) is 6.55. The average Bonchev–Trinajstić information content (AvgIpc) is 2.71. The van der Waals surface area contributed by atoms with Gasteiger partial charge in [-0.3, -0.25) is 9.88 Å². The van der Waals surface area contributed by atoms with Crippen LogP contribution in [0, 0.1) is 5.82 Å². The number of carbonyl (C=O) groups is 1. The lowest BCUT2D eigenvalue weighted by molar-refractivity contribution is 0.0156. The number of nitrogens with zero attached hydrogens (tertiary/aromatic N) is 3. The third-order valence-electron chi connectivity index (χ3n) is 4.67. The van der Waals surface area contributed by atoms with Crippen molar-refractivity contribution in [2.45, 2.75) is 12.6 Å². The SMILES string of the molecule is CN(Cc1ccccc1F)C(=O)NC[C@@H](c1ccccn1)N1CCOCC1. The third-order valence-corrected chi connectivity index (χ3v) is 4.67. The van der Waals surface area contributed by atoms with Crippen LogP contribution in [-0.2, 0) is 11.3 Å². The quantitative estimate of drug-likeness (QED) is 0.846. The van der Waals surface area contributed by atoms with Crippen LogP contribution in [0.5, 0.6) is 0 Å². The first kappa shape index (κ1) is 19.3. The number of nitrogens with one attached hydrogen (secondary N) is 1. The molecule has 0 radical (unpaired) electrons. The molecular weight excluding hydrogens is 347 g/mol. The van der Waals surface area contributed by atoms with Crippen molar-refractivity contribution < 1.29 is 13.9 Å². The topological polar surface area (TPSA) is 57.7 Å². The van der Waals surface area contributed by atoms with Crippen molar-refractivity contribution in [3.63, 3.8) is 0 Å². The zero-order chi connectivity index (χ0) is 19.1. The van der Waals surface area contributed by atoms with Crippen molar-refractivity contribution >= 4 is 6.03 Å². The van der Waals surface area contributed by atoms with Crippen molar-refractivity contribution in [1.29, 1.82) is 0 Å². The lowest BCUT2D eigenvalue weighted by atomic mass is 10.1. The summed E-state index contributed by atoms with van der Waals surface area (Å²) in [7, 11) is 1.66. The standard InChI is InChI=1S/C20H25FN4O2/c1-24(15-16-6-2-3-7-17(16)21)20(26)23-14-19(18-8-4-5-9-22-18)25-10-12-27-13-11-25/h2-9,19H,10-15H2,1H3,(H,23,26)/t19-/m0/s1. The van der Waals surface area contributed by atoms with Gasteiger partial charge in [0.1, 0.15) is 5.82 Å². The van der Waals surface area contributed by atoms with Crippen LogP contribution in [0.4, 0.5) is 9.18 Å². The zero-order valence-corrected chi connectivity index (χ0v) is 15.5. The molecule has 1 aromatic carbocycles. The Labute approximate surface area is 158 Å². The largest absolute Gasteiger partial charge is 0.379 e. The summed E-state index contributed by atoms with van der Waals surface area (Å²) in [6.07, 6.45) is 1.76. The van der Waals surface area contributed by atoms with Gasteiger partial charge in [0.2, 0.25) is 0 Å². The Hall–Kier alpha value is -2.51. The van der Waals surface area contributed by atoms with Gasteiger partial charge in [0, 0.05) is 45.0 Å². The van der Waals surface area contributed by atoms with Gasteiger partial charge in [-0.05, 0) is 18.2 Å². The van der Waals surface area contributed by atoms with Gasteiger partial charge >= 0.3 is 6.03 Å². The minimum absolute atomic E-state index is 0.0269. The first-order valence-electron chi connectivity index (χ1n) is 9.10. The van der Waals surface area contributed by atoms with E-state index in [0.29, 0.717) is 25.3 Å². The fourth-order valence-electron chi connectivity index (χ4n) is 3.16. The summed E-state index contributed by atoms with van der Waals surface area (Å²) in [5.41, 5.74) is 1.40. The molecule has 1 fully saturated rings. The van der Waals surface area contributed by atoms with Gasteiger partial charge in [-0.1, -0.05) is 24.3 Å². The van der Waals surface area contributed by atoms with Gasteiger partial charge in [-0.15, -0.1) is 0 Å². The number of aromatic nitrogens is 1. The summed E-state index contributed by atoms with van der Waals surface area (Å²) in [5, 5.41) is 2.96. The molecule has 7 heteroatoms. The maximum Gasteiger partial charge on any atom is 0.317 e. The maximum atomic E-state index is 13.8. The highest BCUT2D eigenvalue weighted by Gasteiger charge is 2.24. The Bertz CT molecular complexity index is 738. The summed E-state index contributed by atoms with van der Waals surface area (Å²) in [6, 6.07) is 12.0. The van der Waals surface area contributed by atoms with Crippen molar-refractivity contribution in [3.8, 4) is 0 Å². The van der Waals surface area contributed by atoms with E-state index >= 15 is 0 Å². The number of rotatable bonds is 6. The molecule has 1 atom stereocenters. The van der Waals surface area contributed by atoms with E-state index in [0.717, 1.165) is 18.8 Å². The fourth-order valence-corrected chi connectivity index (χ4v) is 3.16. The summed E-state index contributed by atoms with van der Waals surface area (Å²) < 4.78 is 19.2. The number of hydrogen-bond acceptors (Lipinski definition) is 4. The minimum atomic E-state index is -0.308. The van der Waals surface area contributed by atoms with E-state index < -0.39 is 0 Å². The van der Waals surface area contributed by atoms with Crippen LogP contribution in [0.2, 0.25) is 0 Å². The van der Waals surface area contributed by atoms with Gasteiger partial charge < -0.3 is 15.0 Å². The Morgan fingerprint density at radius 2 is 2.00 bits per heavy atom. The van der Waals surface area contributed by atoms with Crippen molar-refractivity contribution in [2.24, 2.45) is 0 Å². The molecule has 6 nitrogen and oxygen atoms in total. The highest BCUT2D eigenvalue weighted by molar-refractivity contribution is 5.73. The number of urea groups is 1. The van der Waals surface area contributed by atoms with Crippen molar-refractivity contribution in [1.82, 2.24) is 20.1 Å². The second-order valence-corrected chi connectivity index (χ2v) is 6.55. The van der Waals surface area contributed by atoms with Crippen LogP contribution in [0.25, 0.3) is 0 Å². The smallest absolute Gasteiger partial charge is 0.317 e. The number of morpholine rings is 1. The summed E-state index contributed by atoms with van der Waals surface area (Å²) >= 11 is 0. The number of carbonyl (C=O) groups excluding carboxylic acids is 1. The molecule has 1 aromatic heterocycles. The Morgan fingerprint density at radius 1 is 1.26 bits per heavy atom. The van der Waals surface area contributed by atoms with E-state index in [-0.39, 0.29) is 24.4 Å². The lowest BCUT2D eigenvalue weighted by Crippen LogP contribution is -2.46. The maximum absolute atomic E-state index is 13.8. The number of ether oxygens (including phenoxy) is 1. The Kier molecular flexibility index (Phi) is 6.73. The highest BCUT2D eigenvalue weighted by Crippen LogP contribution is 2.19. The average molecular weight is 372 g/mol. The molecule has 0 spiro atoms. The van der Waals surface area contributed by atoms with Crippen LogP contribution in [0.3, 0.4) is 0 Å². The third kappa shape index (κ3) is 5.24. The fraction of sp³-hybridized carbons (Fsp3) is 0.400. The van der Waals surface area contributed by atoms with Crippen LogP contribution < -0.4 is 5.32 Å². The molecule has 27 heavy (non-hydrogen) atoms. The van der Waals surface area contributed by atoms with Crippen LogP contribution in [0.15, 0.2) is 48.7 Å². The number of hydrogen-bond donors (Lipinski definition) is 1. The van der Waals surface area contributed by atoms with E-state index in [9.17, 15) is 9.18 Å². The van der Waals surface area contributed by atoms with E-state index in [4.69, 9.17) is 4.74 Å². The summed E-state index contributed by atoms with van der Waals surface area (Å²) in [4.78, 5) is 20.7. The van der Waals surface area contributed by atoms with Crippen LogP contribution in [0.1, 0.15) is 17.3 Å². The normalized spacial score (nSPS) is 15.9. The van der Waals surface area contributed by atoms with Gasteiger partial charge in [0.15, 0.2) is 0 Å². The molecule has 2 heterocycles. The minimum Gasteiger partial charge on any atom is -0.379 e. The first-order chi connectivity index (χ1) is 13.1. The monoisotopic (exact) mass is 372 g/mol. The van der Waals surface area contributed by atoms with Crippen LogP contribution in [-0.4, -0.2) is 60.7 Å². The summed E-state index contributed by atoms with van der Waals surface area (Å²) in [6.45, 7) is 3.57. The number of halogens is 1. The van der Waals surface area contributed by atoms with Gasteiger partial charge in [0.25, 0.3) is 0 Å². The molecule has 3 rings (SSSR count). The molecule has 0 saturated carbocycles. The van der Waals surface area contributed by atoms with E-state index in [2.05, 4.69) is 15.2 Å². The van der Waals surface area contributed by atoms with E-state index in [1.54, 1.807) is 31.4 Å². The highest BCUT2D eigenvalue weighted by atomic mass is 19.1. The number of pyridine rings is 1. The van der Waals surface area contributed by atoms with Gasteiger partial charge in [-0.2, -0.15) is 0 Å². The van der Waals surface area contributed by atoms with Crippen molar-refractivity contribution in [3.05, 3.63) is 65.7 Å². The molecule has 1 aliphatic heterocycles. The molecule has 0 aliphatic carbocycles. The lowest BCUT2D eigenvalue weighted by Gasteiger charge is -2.34. The van der Waals surface area contributed by atoms with E-state index in [1.165, 1.54) is 11.0 Å². The van der Waals surface area contributed by atoms with Gasteiger partial charge in [0.05, 0.1) is 24.9 Å². The molecule has 2 aromatic rings. The predicted molar refractivity (Wildman–Crippen MR) is 101 cm³/mol. The Balaban J connectivity index is 1.62. The summed E-state index contributed by atoms with van der Waals surface area (Å²) in [5.74, 6) is -0.308. The van der Waals surface area contributed by atoms with Crippen molar-refractivity contribution in [2.75, 3.05) is 39.9 Å². The number of benzene rings is 1.